The number of carbonyl (C=O) groups excluding carboxylic acids is 1. The minimum Gasteiger partial charge on any atom is -0.507 e. The van der Waals surface area contributed by atoms with Crippen LogP contribution >= 0.6 is 22.6 Å². The third kappa shape index (κ3) is 2.95. The summed E-state index contributed by atoms with van der Waals surface area (Å²) in [5.41, 5.74) is -0.343. The van der Waals surface area contributed by atoms with Gasteiger partial charge in [0.25, 0.3) is 5.91 Å². The van der Waals surface area contributed by atoms with Gasteiger partial charge < -0.3 is 15.1 Å². The van der Waals surface area contributed by atoms with Gasteiger partial charge in [-0.15, -0.1) is 0 Å². The summed E-state index contributed by atoms with van der Waals surface area (Å²) in [4.78, 5) is 13.9. The van der Waals surface area contributed by atoms with Crippen molar-refractivity contribution in [2.75, 3.05) is 13.1 Å². The van der Waals surface area contributed by atoms with E-state index in [-0.39, 0.29) is 11.7 Å². The standard InChI is InChI=1S/C13H16INO3/c1-13(18)5-2-6-15(8-13)12(17)9-3-4-10(14)11(16)7-9/h3-4,7,16,18H,2,5-6,8H2,1H3. The van der Waals surface area contributed by atoms with Crippen LogP contribution in [-0.4, -0.2) is 39.7 Å². The van der Waals surface area contributed by atoms with Crippen molar-refractivity contribution in [3.63, 3.8) is 0 Å². The lowest BCUT2D eigenvalue weighted by atomic mass is 9.94. The summed E-state index contributed by atoms with van der Waals surface area (Å²) >= 11 is 2.01. The van der Waals surface area contributed by atoms with Crippen LogP contribution in [0.15, 0.2) is 18.2 Å². The molecule has 1 aromatic rings. The molecule has 1 saturated heterocycles. The Balaban J connectivity index is 2.18. The highest BCUT2D eigenvalue weighted by Crippen LogP contribution is 2.24. The van der Waals surface area contributed by atoms with Crippen molar-refractivity contribution in [1.29, 1.82) is 0 Å². The van der Waals surface area contributed by atoms with Gasteiger partial charge in [-0.1, -0.05) is 0 Å². The minimum absolute atomic E-state index is 0.116. The summed E-state index contributed by atoms with van der Waals surface area (Å²) in [5.74, 6) is -0.0214. The van der Waals surface area contributed by atoms with Crippen LogP contribution in [0.5, 0.6) is 5.75 Å². The monoisotopic (exact) mass is 361 g/mol. The molecule has 0 aromatic heterocycles. The number of amides is 1. The number of nitrogens with zero attached hydrogens (tertiary/aromatic N) is 1. The molecule has 0 saturated carbocycles. The maximum atomic E-state index is 12.3. The van der Waals surface area contributed by atoms with E-state index in [0.717, 1.165) is 9.99 Å². The second-order valence-electron chi connectivity index (χ2n) is 4.99. The van der Waals surface area contributed by atoms with Gasteiger partial charge in [-0.05, 0) is 60.6 Å². The van der Waals surface area contributed by atoms with Crippen LogP contribution in [0, 0.1) is 3.57 Å². The van der Waals surface area contributed by atoms with Gasteiger partial charge >= 0.3 is 0 Å². The normalized spacial score (nSPS) is 24.1. The second kappa shape index (κ2) is 5.05. The highest BCUT2D eigenvalue weighted by atomic mass is 127. The van der Waals surface area contributed by atoms with E-state index in [0.29, 0.717) is 25.1 Å². The molecule has 0 bridgehead atoms. The van der Waals surface area contributed by atoms with E-state index in [9.17, 15) is 15.0 Å². The average Bonchev–Trinajstić information content (AvgIpc) is 2.30. The number of benzene rings is 1. The van der Waals surface area contributed by atoms with Crippen molar-refractivity contribution in [2.45, 2.75) is 25.4 Å². The van der Waals surface area contributed by atoms with E-state index in [1.807, 2.05) is 22.6 Å². The SMILES string of the molecule is CC1(O)CCCN(C(=O)c2ccc(I)c(O)c2)C1. The van der Waals surface area contributed by atoms with Gasteiger partial charge in [0.1, 0.15) is 5.75 Å². The van der Waals surface area contributed by atoms with Crippen molar-refractivity contribution in [3.05, 3.63) is 27.3 Å². The highest BCUT2D eigenvalue weighted by molar-refractivity contribution is 14.1. The minimum atomic E-state index is -0.806. The molecule has 1 unspecified atom stereocenters. The van der Waals surface area contributed by atoms with Gasteiger partial charge in [0.05, 0.1) is 9.17 Å². The first-order chi connectivity index (χ1) is 8.39. The number of likely N-dealkylation sites (tertiary alicyclic amines) is 1. The number of aromatic hydroxyl groups is 1. The predicted molar refractivity (Wildman–Crippen MR) is 76.6 cm³/mol. The lowest BCUT2D eigenvalue weighted by molar-refractivity contribution is -0.0107. The molecule has 1 fully saturated rings. The predicted octanol–water partition coefficient (Wildman–Crippen LogP) is 1.98. The molecule has 0 aliphatic carbocycles. The van der Waals surface area contributed by atoms with Crippen LogP contribution < -0.4 is 0 Å². The lowest BCUT2D eigenvalue weighted by Gasteiger charge is -2.36. The molecule has 5 heteroatoms. The van der Waals surface area contributed by atoms with E-state index < -0.39 is 5.60 Å². The van der Waals surface area contributed by atoms with E-state index in [1.165, 1.54) is 6.07 Å². The average molecular weight is 361 g/mol. The maximum absolute atomic E-state index is 12.3. The molecule has 1 amide bonds. The quantitative estimate of drug-likeness (QED) is 0.753. The van der Waals surface area contributed by atoms with Gasteiger partial charge in [0, 0.05) is 18.7 Å². The Morgan fingerprint density at radius 3 is 2.83 bits per heavy atom. The van der Waals surface area contributed by atoms with Crippen molar-refractivity contribution >= 4 is 28.5 Å². The number of carbonyl (C=O) groups is 1. The number of hydrogen-bond acceptors (Lipinski definition) is 3. The Hall–Kier alpha value is -0.820. The zero-order valence-corrected chi connectivity index (χ0v) is 12.3. The number of aliphatic hydroxyl groups is 1. The van der Waals surface area contributed by atoms with Crippen LogP contribution in [0.3, 0.4) is 0 Å². The molecule has 4 nitrogen and oxygen atoms in total. The summed E-state index contributed by atoms with van der Waals surface area (Å²) in [7, 11) is 0. The topological polar surface area (TPSA) is 60.8 Å². The Bertz CT molecular complexity index is 473. The van der Waals surface area contributed by atoms with Gasteiger partial charge in [0.15, 0.2) is 0 Å². The molecule has 1 atom stereocenters. The number of phenols is 1. The van der Waals surface area contributed by atoms with Gasteiger partial charge in [-0.3, -0.25) is 4.79 Å². The molecule has 0 spiro atoms. The van der Waals surface area contributed by atoms with E-state index in [1.54, 1.807) is 24.0 Å². The van der Waals surface area contributed by atoms with Gasteiger partial charge in [-0.25, -0.2) is 0 Å². The number of piperidine rings is 1. The first kappa shape index (κ1) is 13.6. The van der Waals surface area contributed by atoms with Crippen LogP contribution in [0.4, 0.5) is 0 Å². The van der Waals surface area contributed by atoms with Crippen LogP contribution in [0.2, 0.25) is 0 Å². The molecule has 18 heavy (non-hydrogen) atoms. The van der Waals surface area contributed by atoms with E-state index >= 15 is 0 Å². The number of β-amino-alcohol motifs (C(OH)–C–C–N with tert-alkyl or cyclic N) is 1. The third-order valence-electron chi connectivity index (χ3n) is 3.16. The molecule has 98 valence electrons. The van der Waals surface area contributed by atoms with E-state index in [4.69, 9.17) is 0 Å². The fourth-order valence-corrected chi connectivity index (χ4v) is 2.56. The van der Waals surface area contributed by atoms with Crippen molar-refractivity contribution in [1.82, 2.24) is 4.90 Å². The fourth-order valence-electron chi connectivity index (χ4n) is 2.22. The Morgan fingerprint density at radius 2 is 2.22 bits per heavy atom. The molecule has 2 rings (SSSR count). The van der Waals surface area contributed by atoms with Crippen molar-refractivity contribution in [2.24, 2.45) is 0 Å². The Labute approximate surface area is 120 Å². The number of rotatable bonds is 1. The Kier molecular flexibility index (Phi) is 3.82. The van der Waals surface area contributed by atoms with Gasteiger partial charge in [-0.2, -0.15) is 0 Å². The van der Waals surface area contributed by atoms with Gasteiger partial charge in [0.2, 0.25) is 0 Å². The molecule has 1 aliphatic heterocycles. The van der Waals surface area contributed by atoms with Crippen LogP contribution in [-0.2, 0) is 0 Å². The molecule has 2 N–H and O–H groups in total. The molecule has 1 heterocycles. The summed E-state index contributed by atoms with van der Waals surface area (Å²) in [6, 6.07) is 4.89. The molecule has 0 radical (unpaired) electrons. The van der Waals surface area contributed by atoms with Crippen molar-refractivity contribution in [3.8, 4) is 5.75 Å². The summed E-state index contributed by atoms with van der Waals surface area (Å²) in [6.07, 6.45) is 1.52. The summed E-state index contributed by atoms with van der Waals surface area (Å²) in [6.45, 7) is 2.75. The first-order valence-corrected chi connectivity index (χ1v) is 6.97. The largest absolute Gasteiger partial charge is 0.507 e. The maximum Gasteiger partial charge on any atom is 0.254 e. The zero-order valence-electron chi connectivity index (χ0n) is 10.2. The summed E-state index contributed by atoms with van der Waals surface area (Å²) in [5, 5.41) is 19.6. The molecule has 1 aromatic carbocycles. The smallest absolute Gasteiger partial charge is 0.254 e. The van der Waals surface area contributed by atoms with Crippen LogP contribution in [0.25, 0.3) is 0 Å². The summed E-state index contributed by atoms with van der Waals surface area (Å²) < 4.78 is 0.717. The third-order valence-corrected chi connectivity index (χ3v) is 4.07. The molecule has 1 aliphatic rings. The highest BCUT2D eigenvalue weighted by Gasteiger charge is 2.31. The number of hydrogen-bond donors (Lipinski definition) is 2. The molecular formula is C13H16INO3. The number of halogens is 1. The zero-order chi connectivity index (χ0) is 13.3. The second-order valence-corrected chi connectivity index (χ2v) is 6.16. The van der Waals surface area contributed by atoms with E-state index in [2.05, 4.69) is 0 Å². The Morgan fingerprint density at radius 1 is 1.50 bits per heavy atom. The first-order valence-electron chi connectivity index (χ1n) is 5.89. The van der Waals surface area contributed by atoms with Crippen LogP contribution in [0.1, 0.15) is 30.1 Å². The van der Waals surface area contributed by atoms with Crippen molar-refractivity contribution < 1.29 is 15.0 Å². The lowest BCUT2D eigenvalue weighted by Crippen LogP contribution is -2.48. The fraction of sp³-hybridized carbons (Fsp3) is 0.462. The number of phenolic OH excluding ortho intramolecular Hbond substituents is 1. The molecular weight excluding hydrogens is 345 g/mol.